The maximum absolute atomic E-state index is 14.5. The fraction of sp³-hybridized carbons (Fsp3) is 0.688. The van der Waals surface area contributed by atoms with E-state index >= 15 is 0 Å². The van der Waals surface area contributed by atoms with Crippen molar-refractivity contribution in [3.05, 3.63) is 35.3 Å². The van der Waals surface area contributed by atoms with Gasteiger partial charge in [0.15, 0.2) is 11.4 Å². The van der Waals surface area contributed by atoms with E-state index < -0.39 is 63.6 Å². The van der Waals surface area contributed by atoms with E-state index in [2.05, 4.69) is 6.92 Å². The molecule has 1 N–H and O–H groups in total. The largest absolute Gasteiger partial charge is 0.472 e. The van der Waals surface area contributed by atoms with Gasteiger partial charge in [0.1, 0.15) is 12.2 Å². The molecule has 1 unspecified atom stereocenters. The molecule has 1 aromatic rings. The molecule has 8 atom stereocenters. The molecule has 2 heterocycles. The van der Waals surface area contributed by atoms with Gasteiger partial charge >= 0.3 is 17.9 Å². The van der Waals surface area contributed by atoms with Crippen molar-refractivity contribution in [3.8, 4) is 0 Å². The second-order valence-corrected chi connectivity index (χ2v) is 13.6. The fourth-order valence-corrected chi connectivity index (χ4v) is 8.70. The molecular formula is C32H42O9. The Morgan fingerprint density at radius 2 is 1.90 bits per heavy atom. The molecule has 5 rings (SSSR count). The van der Waals surface area contributed by atoms with Crippen LogP contribution in [0.2, 0.25) is 0 Å². The highest BCUT2D eigenvalue weighted by molar-refractivity contribution is 5.98. The molecule has 41 heavy (non-hydrogen) atoms. The number of Topliss-reactive ketones (excluding diaryl/α,β-unsaturated/α-hetero) is 1. The first-order valence-corrected chi connectivity index (χ1v) is 14.6. The van der Waals surface area contributed by atoms with E-state index in [1.54, 1.807) is 25.5 Å². The molecule has 0 aromatic carbocycles. The molecule has 3 fully saturated rings. The molecule has 224 valence electrons. The first-order valence-electron chi connectivity index (χ1n) is 14.6. The molecule has 0 radical (unpaired) electrons. The van der Waals surface area contributed by atoms with Crippen molar-refractivity contribution < 1.29 is 42.9 Å². The molecule has 4 aliphatic rings. The summed E-state index contributed by atoms with van der Waals surface area (Å²) in [6.45, 7) is 11.2. The van der Waals surface area contributed by atoms with Gasteiger partial charge in [-0.25, -0.2) is 0 Å². The zero-order valence-electron chi connectivity index (χ0n) is 25.1. The number of fused-ring (bicyclic) bond motifs is 5. The molecule has 1 aromatic heterocycles. The minimum Gasteiger partial charge on any atom is -0.472 e. The van der Waals surface area contributed by atoms with E-state index in [1.165, 1.54) is 7.11 Å². The summed E-state index contributed by atoms with van der Waals surface area (Å²) in [5.41, 5.74) is -2.28. The summed E-state index contributed by atoms with van der Waals surface area (Å²) in [5, 5.41) is 12.5. The van der Waals surface area contributed by atoms with Gasteiger partial charge in [0, 0.05) is 34.7 Å². The highest BCUT2D eigenvalue weighted by Crippen LogP contribution is 2.69. The Labute approximate surface area is 241 Å². The first kappa shape index (κ1) is 29.5. The number of cyclic esters (lactones) is 1. The maximum Gasteiger partial charge on any atom is 0.310 e. The lowest BCUT2D eigenvalue weighted by Crippen LogP contribution is -2.75. The summed E-state index contributed by atoms with van der Waals surface area (Å²) in [5.74, 6) is -3.12. The van der Waals surface area contributed by atoms with Crippen LogP contribution in [-0.2, 0) is 33.4 Å². The van der Waals surface area contributed by atoms with Gasteiger partial charge in [-0.3, -0.25) is 19.2 Å². The number of carbonyl (C=O) groups excluding carboxylic acids is 4. The Bertz CT molecular complexity index is 1290. The van der Waals surface area contributed by atoms with Crippen LogP contribution in [0, 0.1) is 34.0 Å². The van der Waals surface area contributed by atoms with Crippen molar-refractivity contribution in [2.24, 2.45) is 34.0 Å². The Kier molecular flexibility index (Phi) is 7.08. The van der Waals surface area contributed by atoms with Gasteiger partial charge in [-0.2, -0.15) is 0 Å². The Morgan fingerprint density at radius 1 is 1.20 bits per heavy atom. The highest BCUT2D eigenvalue weighted by atomic mass is 16.6. The van der Waals surface area contributed by atoms with E-state index in [4.69, 9.17) is 18.6 Å². The number of furan rings is 1. The molecule has 1 aliphatic heterocycles. The molecule has 3 aliphatic carbocycles. The summed E-state index contributed by atoms with van der Waals surface area (Å²) in [7, 11) is 1.31. The lowest BCUT2D eigenvalue weighted by atomic mass is 9.39. The molecule has 2 bridgehead atoms. The number of hydrogen-bond donors (Lipinski definition) is 1. The molecule has 0 amide bonds. The summed E-state index contributed by atoms with van der Waals surface area (Å²) in [4.78, 5) is 53.6. The summed E-state index contributed by atoms with van der Waals surface area (Å²) in [6, 6.07) is 1.79. The third kappa shape index (κ3) is 4.13. The van der Waals surface area contributed by atoms with Crippen LogP contribution in [0.1, 0.15) is 91.7 Å². The number of methoxy groups -OCH3 is 1. The van der Waals surface area contributed by atoms with E-state index in [-0.39, 0.29) is 31.1 Å². The summed E-state index contributed by atoms with van der Waals surface area (Å²) in [6.07, 6.45) is 3.04. The molecule has 1 saturated heterocycles. The first-order chi connectivity index (χ1) is 19.2. The van der Waals surface area contributed by atoms with Crippen molar-refractivity contribution in [2.45, 2.75) is 97.9 Å². The van der Waals surface area contributed by atoms with Crippen LogP contribution in [0.5, 0.6) is 0 Å². The van der Waals surface area contributed by atoms with Crippen LogP contribution in [0.4, 0.5) is 0 Å². The van der Waals surface area contributed by atoms with Crippen molar-refractivity contribution in [3.63, 3.8) is 0 Å². The number of aliphatic hydroxyl groups is 1. The highest BCUT2D eigenvalue weighted by Gasteiger charge is 2.74. The van der Waals surface area contributed by atoms with Gasteiger partial charge in [0.25, 0.3) is 0 Å². The third-order valence-corrected chi connectivity index (χ3v) is 11.1. The summed E-state index contributed by atoms with van der Waals surface area (Å²) < 4.78 is 22.3. The van der Waals surface area contributed by atoms with Crippen LogP contribution in [0.15, 0.2) is 34.2 Å². The zero-order valence-corrected chi connectivity index (χ0v) is 25.1. The van der Waals surface area contributed by atoms with Crippen LogP contribution in [0.25, 0.3) is 0 Å². The van der Waals surface area contributed by atoms with Gasteiger partial charge in [-0.15, -0.1) is 0 Å². The number of ether oxygens (including phenoxy) is 3. The molecule has 9 nitrogen and oxygen atoms in total. The monoisotopic (exact) mass is 570 g/mol. The van der Waals surface area contributed by atoms with Gasteiger partial charge in [-0.1, -0.05) is 47.1 Å². The molecule has 9 heteroatoms. The quantitative estimate of drug-likeness (QED) is 0.289. The van der Waals surface area contributed by atoms with Gasteiger partial charge < -0.3 is 23.7 Å². The molecule has 0 spiro atoms. The normalized spacial score (nSPS) is 38.3. The van der Waals surface area contributed by atoms with Crippen LogP contribution < -0.4 is 0 Å². The maximum atomic E-state index is 14.5. The van der Waals surface area contributed by atoms with Gasteiger partial charge in [-0.05, 0) is 42.7 Å². The number of rotatable bonds is 6. The number of ketones is 1. The van der Waals surface area contributed by atoms with Crippen LogP contribution >= 0.6 is 0 Å². The van der Waals surface area contributed by atoms with Crippen molar-refractivity contribution >= 4 is 23.7 Å². The molecule has 2 saturated carbocycles. The van der Waals surface area contributed by atoms with Crippen molar-refractivity contribution in [2.75, 3.05) is 7.11 Å². The Morgan fingerprint density at radius 3 is 2.51 bits per heavy atom. The predicted molar refractivity (Wildman–Crippen MR) is 146 cm³/mol. The lowest BCUT2D eigenvalue weighted by molar-refractivity contribution is -0.237. The summed E-state index contributed by atoms with van der Waals surface area (Å²) >= 11 is 0. The fourth-order valence-electron chi connectivity index (χ4n) is 8.70. The van der Waals surface area contributed by atoms with Crippen LogP contribution in [0.3, 0.4) is 0 Å². The van der Waals surface area contributed by atoms with E-state index in [0.717, 1.165) is 16.7 Å². The topological polar surface area (TPSA) is 129 Å². The van der Waals surface area contributed by atoms with Crippen molar-refractivity contribution in [1.29, 1.82) is 0 Å². The lowest BCUT2D eigenvalue weighted by Gasteiger charge is -2.65. The minimum atomic E-state index is -2.03. The number of carbonyl (C=O) groups is 4. The minimum absolute atomic E-state index is 0.0411. The van der Waals surface area contributed by atoms with E-state index in [0.29, 0.717) is 19.3 Å². The zero-order chi connectivity index (χ0) is 30.1. The molecular weight excluding hydrogens is 528 g/mol. The Hall–Kier alpha value is -2.94. The predicted octanol–water partition coefficient (Wildman–Crippen LogP) is 4.87. The average molecular weight is 571 g/mol. The van der Waals surface area contributed by atoms with Crippen LogP contribution in [-0.4, -0.2) is 47.6 Å². The Balaban J connectivity index is 1.71. The third-order valence-electron chi connectivity index (χ3n) is 11.1. The van der Waals surface area contributed by atoms with Crippen molar-refractivity contribution in [1.82, 2.24) is 0 Å². The van der Waals surface area contributed by atoms with E-state index in [1.807, 2.05) is 27.7 Å². The standard InChI is InChI=1S/C32H42O9/c1-8-17(2)26(35)41-28-29(3,4)22(14-23(33)38-7)31(6)20-9-11-30(5)21(19(20)15-32(28,37)27(31)36)13-24(34)40-25(30)18-10-12-39-16-18/h10,12,16-17,20,22,25,28,37H,8-9,11,13-15H2,1-7H3/t17?,20-,22-,25-,28-,30+,31+,32-/m0/s1. The number of esters is 3. The van der Waals surface area contributed by atoms with Gasteiger partial charge in [0.05, 0.1) is 32.0 Å². The van der Waals surface area contributed by atoms with Gasteiger partial charge in [0.2, 0.25) is 0 Å². The van der Waals surface area contributed by atoms with E-state index in [9.17, 15) is 24.3 Å². The average Bonchev–Trinajstić information content (AvgIpc) is 3.46. The SMILES string of the molecule is CCC(C)C(=O)O[C@H]1C(C)(C)[C@H](CC(=O)OC)[C@]2(C)C(=O)[C@@]1(O)CC1=C3CC(=O)O[C@@H](c4ccoc4)[C@]3(C)CC[C@@H]12. The number of hydrogen-bond acceptors (Lipinski definition) is 9. The smallest absolute Gasteiger partial charge is 0.310 e. The second kappa shape index (κ2) is 9.82. The second-order valence-electron chi connectivity index (χ2n) is 13.6.